The molecule has 1 aromatic heterocycles. The van der Waals surface area contributed by atoms with E-state index in [9.17, 15) is 9.59 Å². The molecule has 0 spiro atoms. The van der Waals surface area contributed by atoms with Crippen LogP contribution in [-0.2, 0) is 22.5 Å². The smallest absolute Gasteiger partial charge is 0.254 e. The van der Waals surface area contributed by atoms with Crippen molar-refractivity contribution in [1.82, 2.24) is 9.80 Å². The summed E-state index contributed by atoms with van der Waals surface area (Å²) in [6.45, 7) is 8.62. The average molecular weight is 553 g/mol. The molecular weight excluding hydrogens is 512 g/mol. The summed E-state index contributed by atoms with van der Waals surface area (Å²) in [4.78, 5) is 31.9. The maximum atomic E-state index is 13.8. The van der Waals surface area contributed by atoms with Gasteiger partial charge < -0.3 is 24.0 Å². The highest BCUT2D eigenvalue weighted by molar-refractivity contribution is 7.10. The van der Waals surface area contributed by atoms with Gasteiger partial charge in [-0.25, -0.2) is 0 Å². The van der Waals surface area contributed by atoms with Crippen LogP contribution in [0.2, 0.25) is 0 Å². The fraction of sp³-hybridized carbons (Fsp3) is 0.419. The van der Waals surface area contributed by atoms with E-state index in [-0.39, 0.29) is 18.4 Å². The molecule has 0 bridgehead atoms. The minimum absolute atomic E-state index is 0.00912. The van der Waals surface area contributed by atoms with E-state index in [1.165, 1.54) is 0 Å². The Morgan fingerprint density at radius 2 is 1.64 bits per heavy atom. The van der Waals surface area contributed by atoms with Gasteiger partial charge in [0.1, 0.15) is 6.54 Å². The monoisotopic (exact) mass is 552 g/mol. The fourth-order valence-corrected chi connectivity index (χ4v) is 5.15. The quantitative estimate of drug-likeness (QED) is 0.232. The van der Waals surface area contributed by atoms with E-state index in [1.54, 1.807) is 30.5 Å². The third kappa shape index (κ3) is 8.83. The predicted molar refractivity (Wildman–Crippen MR) is 156 cm³/mol. The minimum atomic E-state index is -0.146. The van der Waals surface area contributed by atoms with Crippen LogP contribution in [0.25, 0.3) is 0 Å². The van der Waals surface area contributed by atoms with Gasteiger partial charge in [-0.05, 0) is 80.5 Å². The van der Waals surface area contributed by atoms with Crippen LogP contribution in [0.1, 0.15) is 45.3 Å². The Morgan fingerprint density at radius 3 is 2.28 bits per heavy atom. The van der Waals surface area contributed by atoms with E-state index in [0.29, 0.717) is 62.8 Å². The third-order valence-electron chi connectivity index (χ3n) is 6.61. The number of rotatable bonds is 15. The molecule has 0 radical (unpaired) electrons. The molecule has 39 heavy (non-hydrogen) atoms. The standard InChI is InChI=1S/C31H40N2O5S/c1-6-38-18-7-16-33(31(35)26-11-8-23(2)9-12-26)22-30(34)32(21-29-24(3)15-19-39-29)17-14-25-10-13-27(36-4)28(20-25)37-5/h8-13,15,19-20H,6-7,14,16-18,21-22H2,1-5H3. The van der Waals surface area contributed by atoms with Crippen molar-refractivity contribution in [3.63, 3.8) is 0 Å². The number of thiophene rings is 1. The summed E-state index contributed by atoms with van der Waals surface area (Å²) in [6.07, 6.45) is 1.31. The number of amides is 2. The first-order chi connectivity index (χ1) is 18.9. The lowest BCUT2D eigenvalue weighted by Gasteiger charge is -2.28. The lowest BCUT2D eigenvalue weighted by Crippen LogP contribution is -2.44. The summed E-state index contributed by atoms with van der Waals surface area (Å²) in [5.41, 5.74) is 3.86. The van der Waals surface area contributed by atoms with Crippen LogP contribution in [0.5, 0.6) is 11.5 Å². The van der Waals surface area contributed by atoms with Gasteiger partial charge in [0.25, 0.3) is 5.91 Å². The van der Waals surface area contributed by atoms with E-state index in [4.69, 9.17) is 14.2 Å². The molecule has 0 saturated carbocycles. The Kier molecular flexibility index (Phi) is 11.8. The first-order valence-corrected chi connectivity index (χ1v) is 14.2. The van der Waals surface area contributed by atoms with Gasteiger partial charge in [0, 0.05) is 36.7 Å². The number of aryl methyl sites for hydroxylation is 2. The van der Waals surface area contributed by atoms with Crippen LogP contribution in [0.15, 0.2) is 53.9 Å². The van der Waals surface area contributed by atoms with E-state index in [0.717, 1.165) is 21.6 Å². The molecule has 2 amide bonds. The Morgan fingerprint density at radius 1 is 0.897 bits per heavy atom. The van der Waals surface area contributed by atoms with Gasteiger partial charge in [0.05, 0.1) is 20.8 Å². The zero-order valence-electron chi connectivity index (χ0n) is 23.7. The average Bonchev–Trinajstić information content (AvgIpc) is 3.36. The number of nitrogens with zero attached hydrogens (tertiary/aromatic N) is 2. The molecule has 1 heterocycles. The van der Waals surface area contributed by atoms with Gasteiger partial charge in [0.15, 0.2) is 11.5 Å². The first kappa shape index (κ1) is 30.2. The van der Waals surface area contributed by atoms with Crippen molar-refractivity contribution in [1.29, 1.82) is 0 Å². The van der Waals surface area contributed by atoms with Crippen LogP contribution in [0, 0.1) is 13.8 Å². The summed E-state index contributed by atoms with van der Waals surface area (Å²) in [5.74, 6) is 1.10. The second-order valence-electron chi connectivity index (χ2n) is 9.42. The van der Waals surface area contributed by atoms with Crippen molar-refractivity contribution >= 4 is 23.2 Å². The van der Waals surface area contributed by atoms with E-state index in [2.05, 4.69) is 13.0 Å². The van der Waals surface area contributed by atoms with Crippen molar-refractivity contribution < 1.29 is 23.8 Å². The number of ether oxygens (including phenoxy) is 3. The number of carbonyl (C=O) groups is 2. The Labute approximate surface area is 236 Å². The molecule has 0 N–H and O–H groups in total. The van der Waals surface area contributed by atoms with E-state index < -0.39 is 0 Å². The third-order valence-corrected chi connectivity index (χ3v) is 7.61. The van der Waals surface area contributed by atoms with Crippen molar-refractivity contribution in [2.75, 3.05) is 47.1 Å². The molecule has 8 heteroatoms. The topological polar surface area (TPSA) is 68.3 Å². The van der Waals surface area contributed by atoms with Gasteiger partial charge in [-0.2, -0.15) is 0 Å². The van der Waals surface area contributed by atoms with Crippen molar-refractivity contribution in [3.05, 3.63) is 81.0 Å². The second kappa shape index (κ2) is 15.3. The van der Waals surface area contributed by atoms with Crippen LogP contribution in [-0.4, -0.2) is 68.7 Å². The Bertz CT molecular complexity index is 1210. The minimum Gasteiger partial charge on any atom is -0.493 e. The predicted octanol–water partition coefficient (Wildman–Crippen LogP) is 5.52. The number of hydrogen-bond donors (Lipinski definition) is 0. The molecule has 0 aliphatic rings. The van der Waals surface area contributed by atoms with Crippen LogP contribution in [0.4, 0.5) is 0 Å². The van der Waals surface area contributed by atoms with Gasteiger partial charge in [-0.15, -0.1) is 11.3 Å². The van der Waals surface area contributed by atoms with Crippen molar-refractivity contribution in [2.45, 2.75) is 40.2 Å². The van der Waals surface area contributed by atoms with E-state index >= 15 is 0 Å². The normalized spacial score (nSPS) is 10.8. The highest BCUT2D eigenvalue weighted by Crippen LogP contribution is 2.28. The summed E-state index contributed by atoms with van der Waals surface area (Å²) < 4.78 is 16.3. The van der Waals surface area contributed by atoms with Gasteiger partial charge in [0.2, 0.25) is 5.91 Å². The summed E-state index contributed by atoms with van der Waals surface area (Å²) in [7, 11) is 3.22. The number of carbonyl (C=O) groups excluding carboxylic acids is 2. The van der Waals surface area contributed by atoms with Crippen LogP contribution < -0.4 is 9.47 Å². The highest BCUT2D eigenvalue weighted by Gasteiger charge is 2.23. The number of hydrogen-bond acceptors (Lipinski definition) is 6. The molecule has 3 rings (SSSR count). The van der Waals surface area contributed by atoms with Gasteiger partial charge in [-0.1, -0.05) is 23.8 Å². The Hall–Kier alpha value is -3.36. The van der Waals surface area contributed by atoms with Crippen LogP contribution in [0.3, 0.4) is 0 Å². The molecule has 0 aliphatic carbocycles. The first-order valence-electron chi connectivity index (χ1n) is 13.3. The van der Waals surface area contributed by atoms with Gasteiger partial charge in [-0.3, -0.25) is 9.59 Å². The van der Waals surface area contributed by atoms with Crippen molar-refractivity contribution in [2.24, 2.45) is 0 Å². The second-order valence-corrected chi connectivity index (χ2v) is 10.4. The molecule has 0 unspecified atom stereocenters. The summed E-state index contributed by atoms with van der Waals surface area (Å²) in [5, 5.41) is 2.04. The largest absolute Gasteiger partial charge is 0.493 e. The maximum Gasteiger partial charge on any atom is 0.254 e. The lowest BCUT2D eigenvalue weighted by molar-refractivity contribution is -0.132. The summed E-state index contributed by atoms with van der Waals surface area (Å²) in [6, 6.07) is 15.4. The molecule has 0 fully saturated rings. The zero-order chi connectivity index (χ0) is 28.2. The highest BCUT2D eigenvalue weighted by atomic mass is 32.1. The van der Waals surface area contributed by atoms with Crippen LogP contribution >= 0.6 is 11.3 Å². The molecule has 0 saturated heterocycles. The fourth-order valence-electron chi connectivity index (χ4n) is 4.23. The molecule has 2 aromatic carbocycles. The molecule has 210 valence electrons. The number of methoxy groups -OCH3 is 2. The number of benzene rings is 2. The Balaban J connectivity index is 1.79. The van der Waals surface area contributed by atoms with Gasteiger partial charge >= 0.3 is 0 Å². The van der Waals surface area contributed by atoms with E-state index in [1.807, 2.05) is 66.6 Å². The SMILES string of the molecule is CCOCCCN(CC(=O)N(CCc1ccc(OC)c(OC)c1)Cc1sccc1C)C(=O)c1ccc(C)cc1. The zero-order valence-corrected chi connectivity index (χ0v) is 24.5. The maximum absolute atomic E-state index is 13.8. The molecular formula is C31H40N2O5S. The summed E-state index contributed by atoms with van der Waals surface area (Å²) >= 11 is 1.64. The molecule has 0 aliphatic heterocycles. The molecule has 0 atom stereocenters. The molecule has 7 nitrogen and oxygen atoms in total. The molecule has 3 aromatic rings. The van der Waals surface area contributed by atoms with Crippen molar-refractivity contribution in [3.8, 4) is 11.5 Å². The lowest BCUT2D eigenvalue weighted by atomic mass is 10.1.